The van der Waals surface area contributed by atoms with Gasteiger partial charge in [0.05, 0.1) is 0 Å². The lowest BCUT2D eigenvalue weighted by Crippen LogP contribution is -2.51. The molecule has 138 valence electrons. The van der Waals surface area contributed by atoms with Crippen molar-refractivity contribution in [1.29, 1.82) is 0 Å². The summed E-state index contributed by atoms with van der Waals surface area (Å²) in [7, 11) is 0. The van der Waals surface area contributed by atoms with E-state index >= 15 is 0 Å². The third-order valence-electron chi connectivity index (χ3n) is 5.81. The fourth-order valence-corrected chi connectivity index (χ4v) is 4.23. The average molecular weight is 346 g/mol. The van der Waals surface area contributed by atoms with Gasteiger partial charge in [0.1, 0.15) is 0 Å². The Kier molecular flexibility index (Phi) is 5.97. The number of rotatable bonds is 4. The third kappa shape index (κ3) is 4.15. The summed E-state index contributed by atoms with van der Waals surface area (Å²) in [6, 6.07) is 8.48. The van der Waals surface area contributed by atoms with Crippen LogP contribution in [0.3, 0.4) is 0 Å². The first kappa shape index (κ1) is 18.2. The Morgan fingerprint density at radius 1 is 1.36 bits per heavy atom. The Bertz CT molecular complexity index is 584. The molecule has 1 aromatic carbocycles. The van der Waals surface area contributed by atoms with Crippen LogP contribution in [-0.2, 0) is 10.2 Å². The molecule has 2 heterocycles. The zero-order chi connectivity index (χ0) is 17.7. The summed E-state index contributed by atoms with van der Waals surface area (Å²) in [5.74, 6) is 0.216. The first-order valence-electron chi connectivity index (χ1n) is 9.42. The number of aliphatic hydroxyl groups is 1. The highest BCUT2D eigenvalue weighted by Crippen LogP contribution is 2.36. The number of nitrogens with one attached hydrogen (secondary N) is 1. The summed E-state index contributed by atoms with van der Waals surface area (Å²) in [4.78, 5) is 14.5. The lowest BCUT2D eigenvalue weighted by Gasteiger charge is -2.40. The predicted molar refractivity (Wildman–Crippen MR) is 97.7 cm³/mol. The highest BCUT2D eigenvalue weighted by Gasteiger charge is 2.36. The van der Waals surface area contributed by atoms with Gasteiger partial charge >= 0.3 is 6.03 Å². The number of nitrogens with zero attached hydrogens (tertiary/aromatic N) is 1. The number of aliphatic hydroxyl groups excluding tert-OH is 1. The predicted octanol–water partition coefficient (Wildman–Crippen LogP) is 2.46. The van der Waals surface area contributed by atoms with Gasteiger partial charge < -0.3 is 20.1 Å². The first-order chi connectivity index (χ1) is 12.1. The van der Waals surface area contributed by atoms with Gasteiger partial charge in [0.15, 0.2) is 0 Å². The molecule has 0 bridgehead atoms. The molecule has 0 aliphatic carbocycles. The van der Waals surface area contributed by atoms with Crippen molar-refractivity contribution in [3.63, 3.8) is 0 Å². The second-order valence-corrected chi connectivity index (χ2v) is 7.50. The van der Waals surface area contributed by atoms with E-state index in [0.717, 1.165) is 45.4 Å². The highest BCUT2D eigenvalue weighted by atomic mass is 16.5. The Labute approximate surface area is 150 Å². The summed E-state index contributed by atoms with van der Waals surface area (Å²) < 4.78 is 5.59. The third-order valence-corrected chi connectivity index (χ3v) is 5.81. The maximum absolute atomic E-state index is 12.7. The number of carbonyl (C=O) groups excluding carboxylic acids is 1. The van der Waals surface area contributed by atoms with Gasteiger partial charge in [-0.3, -0.25) is 0 Å². The summed E-state index contributed by atoms with van der Waals surface area (Å²) in [5, 5.41) is 12.6. The van der Waals surface area contributed by atoms with Crippen LogP contribution in [-0.4, -0.2) is 55.5 Å². The molecule has 2 amide bonds. The van der Waals surface area contributed by atoms with E-state index in [-0.39, 0.29) is 24.0 Å². The molecule has 1 atom stereocenters. The smallest absolute Gasteiger partial charge is 0.317 e. The summed E-state index contributed by atoms with van der Waals surface area (Å²) in [5.41, 5.74) is 2.55. The molecule has 2 aliphatic rings. The molecule has 2 fully saturated rings. The van der Waals surface area contributed by atoms with Crippen molar-refractivity contribution in [2.45, 2.75) is 38.0 Å². The lowest BCUT2D eigenvalue weighted by molar-refractivity contribution is 0.0494. The molecule has 0 spiro atoms. The molecule has 2 aliphatic heterocycles. The Morgan fingerprint density at radius 2 is 2.12 bits per heavy atom. The highest BCUT2D eigenvalue weighted by molar-refractivity contribution is 5.74. The Balaban J connectivity index is 1.69. The number of hydrogen-bond donors (Lipinski definition) is 2. The molecular formula is C20H30N2O3. The largest absolute Gasteiger partial charge is 0.396 e. The first-order valence-corrected chi connectivity index (χ1v) is 9.42. The fourth-order valence-electron chi connectivity index (χ4n) is 4.23. The minimum absolute atomic E-state index is 0.00222. The second kappa shape index (κ2) is 8.19. The monoisotopic (exact) mass is 346 g/mol. The van der Waals surface area contributed by atoms with Gasteiger partial charge in [-0.25, -0.2) is 4.79 Å². The topological polar surface area (TPSA) is 61.8 Å². The van der Waals surface area contributed by atoms with Crippen molar-refractivity contribution >= 4 is 6.03 Å². The zero-order valence-corrected chi connectivity index (χ0v) is 15.2. The number of benzene rings is 1. The quantitative estimate of drug-likeness (QED) is 0.880. The number of piperidine rings is 1. The van der Waals surface area contributed by atoms with E-state index in [0.29, 0.717) is 13.1 Å². The van der Waals surface area contributed by atoms with Crippen molar-refractivity contribution < 1.29 is 14.6 Å². The molecule has 1 unspecified atom stereocenters. The molecule has 0 saturated carbocycles. The van der Waals surface area contributed by atoms with Crippen molar-refractivity contribution in [3.05, 3.63) is 35.4 Å². The molecule has 1 aromatic rings. The summed E-state index contributed by atoms with van der Waals surface area (Å²) >= 11 is 0. The molecule has 25 heavy (non-hydrogen) atoms. The van der Waals surface area contributed by atoms with E-state index in [4.69, 9.17) is 4.74 Å². The summed E-state index contributed by atoms with van der Waals surface area (Å²) in [6.45, 7) is 5.85. The molecule has 5 heteroatoms. The van der Waals surface area contributed by atoms with Crippen LogP contribution >= 0.6 is 0 Å². The van der Waals surface area contributed by atoms with Crippen molar-refractivity contribution in [3.8, 4) is 0 Å². The molecule has 3 rings (SSSR count). The van der Waals surface area contributed by atoms with Gasteiger partial charge in [0, 0.05) is 44.9 Å². The van der Waals surface area contributed by atoms with Crippen LogP contribution in [0.15, 0.2) is 24.3 Å². The van der Waals surface area contributed by atoms with E-state index in [1.165, 1.54) is 11.1 Å². The number of aryl methyl sites for hydroxylation is 1. The SMILES string of the molecule is Cc1ccccc1C1(CNC(=O)N2CCCC(CO)C2)CCOCC1. The van der Waals surface area contributed by atoms with Gasteiger partial charge in [0.25, 0.3) is 0 Å². The maximum atomic E-state index is 12.7. The van der Waals surface area contributed by atoms with Gasteiger partial charge in [-0.05, 0) is 49.7 Å². The number of urea groups is 1. The van der Waals surface area contributed by atoms with Gasteiger partial charge in [-0.15, -0.1) is 0 Å². The van der Waals surface area contributed by atoms with Crippen LogP contribution in [0.5, 0.6) is 0 Å². The fraction of sp³-hybridized carbons (Fsp3) is 0.650. The zero-order valence-electron chi connectivity index (χ0n) is 15.2. The van der Waals surface area contributed by atoms with E-state index in [1.54, 1.807) is 0 Å². The van der Waals surface area contributed by atoms with Crippen LogP contribution in [0, 0.1) is 12.8 Å². The molecule has 5 nitrogen and oxygen atoms in total. The normalized spacial score (nSPS) is 23.3. The number of hydrogen-bond acceptors (Lipinski definition) is 3. The molecule has 2 saturated heterocycles. The van der Waals surface area contributed by atoms with Crippen LogP contribution in [0.4, 0.5) is 4.79 Å². The minimum atomic E-state index is -0.0502. The van der Waals surface area contributed by atoms with Crippen LogP contribution < -0.4 is 5.32 Å². The number of ether oxygens (including phenoxy) is 1. The number of likely N-dealkylation sites (tertiary alicyclic amines) is 1. The van der Waals surface area contributed by atoms with E-state index in [1.807, 2.05) is 4.90 Å². The van der Waals surface area contributed by atoms with Crippen molar-refractivity contribution in [1.82, 2.24) is 10.2 Å². The van der Waals surface area contributed by atoms with Crippen molar-refractivity contribution in [2.24, 2.45) is 5.92 Å². The maximum Gasteiger partial charge on any atom is 0.317 e. The minimum Gasteiger partial charge on any atom is -0.396 e. The van der Waals surface area contributed by atoms with Crippen LogP contribution in [0.25, 0.3) is 0 Å². The molecule has 2 N–H and O–H groups in total. The standard InChI is InChI=1S/C20H30N2O3/c1-16-5-2-3-7-18(16)20(8-11-25-12-9-20)15-21-19(24)22-10-4-6-17(13-22)14-23/h2-3,5,7,17,23H,4,6,8-15H2,1H3,(H,21,24). The number of carbonyl (C=O) groups is 1. The van der Waals surface area contributed by atoms with Crippen LogP contribution in [0.1, 0.15) is 36.8 Å². The molecule has 0 radical (unpaired) electrons. The molecular weight excluding hydrogens is 316 g/mol. The number of amides is 2. The lowest BCUT2D eigenvalue weighted by atomic mass is 9.72. The summed E-state index contributed by atoms with van der Waals surface area (Å²) in [6.07, 6.45) is 3.83. The van der Waals surface area contributed by atoms with E-state index in [2.05, 4.69) is 36.5 Å². The van der Waals surface area contributed by atoms with E-state index in [9.17, 15) is 9.90 Å². The van der Waals surface area contributed by atoms with E-state index < -0.39 is 0 Å². The van der Waals surface area contributed by atoms with Gasteiger partial charge in [-0.1, -0.05) is 24.3 Å². The molecule has 0 aromatic heterocycles. The second-order valence-electron chi connectivity index (χ2n) is 7.50. The Hall–Kier alpha value is -1.59. The van der Waals surface area contributed by atoms with Gasteiger partial charge in [-0.2, -0.15) is 0 Å². The average Bonchev–Trinajstić information content (AvgIpc) is 2.67. The Morgan fingerprint density at radius 3 is 2.84 bits per heavy atom. The van der Waals surface area contributed by atoms with Crippen LogP contribution in [0.2, 0.25) is 0 Å². The van der Waals surface area contributed by atoms with Crippen molar-refractivity contribution in [2.75, 3.05) is 39.5 Å². The van der Waals surface area contributed by atoms with Gasteiger partial charge in [0.2, 0.25) is 0 Å².